The monoisotopic (exact) mass is 297 g/mol. The van der Waals surface area contributed by atoms with E-state index in [9.17, 15) is 0 Å². The highest BCUT2D eigenvalue weighted by Crippen LogP contribution is 2.37. The number of hydrogen-bond donors (Lipinski definition) is 1. The van der Waals surface area contributed by atoms with Gasteiger partial charge in [-0.3, -0.25) is 4.98 Å². The Kier molecular flexibility index (Phi) is 2.97. The van der Waals surface area contributed by atoms with Crippen LogP contribution < -0.4 is 5.73 Å². The van der Waals surface area contributed by atoms with E-state index in [4.69, 9.17) is 10.3 Å². The maximum absolute atomic E-state index is 6.19. The van der Waals surface area contributed by atoms with E-state index in [-0.39, 0.29) is 0 Å². The van der Waals surface area contributed by atoms with Crippen LogP contribution in [-0.2, 0) is 12.1 Å². The van der Waals surface area contributed by atoms with Gasteiger partial charge >= 0.3 is 0 Å². The van der Waals surface area contributed by atoms with Gasteiger partial charge in [0.1, 0.15) is 0 Å². The van der Waals surface area contributed by atoms with Crippen LogP contribution in [0.5, 0.6) is 0 Å². The molecule has 2 N–H and O–H groups in total. The third-order valence-electron chi connectivity index (χ3n) is 3.93. The zero-order valence-corrected chi connectivity index (χ0v) is 11.9. The zero-order chi connectivity index (χ0) is 15.0. The van der Waals surface area contributed by atoms with E-state index in [1.807, 2.05) is 18.2 Å². The van der Waals surface area contributed by atoms with Crippen molar-refractivity contribution >= 4 is 0 Å². The van der Waals surface area contributed by atoms with E-state index in [1.165, 1.54) is 0 Å². The molecule has 1 aliphatic rings. The Bertz CT molecular complexity index is 775. The summed E-state index contributed by atoms with van der Waals surface area (Å²) in [6, 6.07) is 5.74. The Morgan fingerprint density at radius 3 is 2.95 bits per heavy atom. The molecule has 3 aromatic heterocycles. The first-order chi connectivity index (χ1) is 10.7. The molecule has 0 bridgehead atoms. The van der Waals surface area contributed by atoms with Gasteiger partial charge < -0.3 is 10.3 Å². The van der Waals surface area contributed by atoms with Gasteiger partial charge in [0.05, 0.1) is 24.0 Å². The molecule has 112 valence electrons. The summed E-state index contributed by atoms with van der Waals surface area (Å²) in [6.45, 7) is 0.537. The summed E-state index contributed by atoms with van der Waals surface area (Å²) in [7, 11) is 0. The van der Waals surface area contributed by atoms with E-state index in [1.54, 1.807) is 17.1 Å². The smallest absolute Gasteiger partial charge is 0.280 e. The van der Waals surface area contributed by atoms with Crippen molar-refractivity contribution in [1.82, 2.24) is 30.1 Å². The molecule has 1 saturated carbocycles. The molecular formula is C14H15N7O. The Balaban J connectivity index is 1.54. The molecule has 0 saturated heterocycles. The summed E-state index contributed by atoms with van der Waals surface area (Å²) in [6.07, 6.45) is 6.38. The third-order valence-corrected chi connectivity index (χ3v) is 3.93. The second-order valence-corrected chi connectivity index (χ2v) is 5.56. The summed E-state index contributed by atoms with van der Waals surface area (Å²) in [5, 5.41) is 12.1. The predicted octanol–water partition coefficient (Wildman–Crippen LogP) is 1.11. The number of rotatable bonds is 4. The van der Waals surface area contributed by atoms with E-state index in [0.29, 0.717) is 24.0 Å². The van der Waals surface area contributed by atoms with E-state index in [0.717, 1.165) is 25.0 Å². The first-order valence-electron chi connectivity index (χ1n) is 7.16. The maximum Gasteiger partial charge on any atom is 0.280 e. The lowest BCUT2D eigenvalue weighted by Gasteiger charge is -2.34. The van der Waals surface area contributed by atoms with Crippen LogP contribution in [0.15, 0.2) is 35.1 Å². The minimum absolute atomic E-state index is 0.346. The van der Waals surface area contributed by atoms with Crippen molar-refractivity contribution in [3.63, 3.8) is 0 Å². The van der Waals surface area contributed by atoms with Crippen LogP contribution in [-0.4, -0.2) is 30.1 Å². The van der Waals surface area contributed by atoms with Gasteiger partial charge in [0, 0.05) is 6.20 Å². The fourth-order valence-corrected chi connectivity index (χ4v) is 2.44. The predicted molar refractivity (Wildman–Crippen MR) is 76.4 cm³/mol. The molecule has 0 amide bonds. The van der Waals surface area contributed by atoms with Gasteiger partial charge in [0.15, 0.2) is 11.5 Å². The lowest BCUT2D eigenvalue weighted by molar-refractivity contribution is 0.229. The van der Waals surface area contributed by atoms with Crippen LogP contribution >= 0.6 is 0 Å². The third kappa shape index (κ3) is 2.27. The number of aromatic nitrogens is 6. The molecule has 4 rings (SSSR count). The SMILES string of the molecule is NC1(c2noc(-c3cn(Cc4ccccn4)nn3)n2)CCC1. The second kappa shape index (κ2) is 4.99. The molecule has 1 fully saturated rings. The Morgan fingerprint density at radius 2 is 2.23 bits per heavy atom. The summed E-state index contributed by atoms with van der Waals surface area (Å²) in [5.74, 6) is 0.895. The number of nitrogens with two attached hydrogens (primary N) is 1. The summed E-state index contributed by atoms with van der Waals surface area (Å²) in [5.41, 5.74) is 7.19. The first kappa shape index (κ1) is 13.1. The van der Waals surface area contributed by atoms with Crippen LogP contribution in [0.1, 0.15) is 30.8 Å². The minimum Gasteiger partial charge on any atom is -0.332 e. The van der Waals surface area contributed by atoms with Crippen LogP contribution in [0.3, 0.4) is 0 Å². The molecule has 22 heavy (non-hydrogen) atoms. The van der Waals surface area contributed by atoms with Crippen molar-refractivity contribution < 1.29 is 4.52 Å². The Hall–Kier alpha value is -2.61. The fraction of sp³-hybridized carbons (Fsp3) is 0.357. The lowest BCUT2D eigenvalue weighted by Crippen LogP contribution is -2.44. The highest BCUT2D eigenvalue weighted by atomic mass is 16.5. The molecule has 8 nitrogen and oxygen atoms in total. The van der Waals surface area contributed by atoms with Gasteiger partial charge in [-0.1, -0.05) is 16.4 Å². The first-order valence-corrected chi connectivity index (χ1v) is 7.16. The summed E-state index contributed by atoms with van der Waals surface area (Å²) >= 11 is 0. The van der Waals surface area contributed by atoms with Crippen LogP contribution in [0.25, 0.3) is 11.6 Å². The average Bonchev–Trinajstić information content (AvgIpc) is 3.15. The highest BCUT2D eigenvalue weighted by molar-refractivity contribution is 5.43. The maximum atomic E-state index is 6.19. The van der Waals surface area contributed by atoms with Crippen molar-refractivity contribution in [2.24, 2.45) is 5.73 Å². The Labute approximate surface area is 126 Å². The van der Waals surface area contributed by atoms with Crippen molar-refractivity contribution in [3.8, 4) is 11.6 Å². The molecule has 0 radical (unpaired) electrons. The molecular weight excluding hydrogens is 282 g/mol. The molecule has 8 heteroatoms. The average molecular weight is 297 g/mol. The number of pyridine rings is 1. The van der Waals surface area contributed by atoms with Crippen LogP contribution in [0, 0.1) is 0 Å². The second-order valence-electron chi connectivity index (χ2n) is 5.56. The van der Waals surface area contributed by atoms with Crippen LogP contribution in [0.4, 0.5) is 0 Å². The standard InChI is InChI=1S/C14H15N7O/c15-14(5-3-6-14)13-17-12(22-19-13)11-9-21(20-18-11)8-10-4-1-2-7-16-10/h1-2,4,7,9H,3,5-6,8,15H2. The molecule has 3 heterocycles. The summed E-state index contributed by atoms with van der Waals surface area (Å²) in [4.78, 5) is 8.61. The van der Waals surface area contributed by atoms with Crippen molar-refractivity contribution in [2.45, 2.75) is 31.3 Å². The van der Waals surface area contributed by atoms with Crippen molar-refractivity contribution in [3.05, 3.63) is 42.1 Å². The number of nitrogens with zero attached hydrogens (tertiary/aromatic N) is 6. The molecule has 0 atom stereocenters. The molecule has 0 aromatic carbocycles. The molecule has 3 aromatic rings. The van der Waals surface area contributed by atoms with E-state index < -0.39 is 5.54 Å². The van der Waals surface area contributed by atoms with Crippen molar-refractivity contribution in [1.29, 1.82) is 0 Å². The van der Waals surface area contributed by atoms with Gasteiger partial charge in [-0.25, -0.2) is 4.68 Å². The summed E-state index contributed by atoms with van der Waals surface area (Å²) < 4.78 is 6.95. The van der Waals surface area contributed by atoms with Gasteiger partial charge in [-0.15, -0.1) is 5.10 Å². The van der Waals surface area contributed by atoms with E-state index in [2.05, 4.69) is 25.4 Å². The quantitative estimate of drug-likeness (QED) is 0.768. The van der Waals surface area contributed by atoms with Gasteiger partial charge in [-0.05, 0) is 31.4 Å². The number of hydrogen-bond acceptors (Lipinski definition) is 7. The van der Waals surface area contributed by atoms with Crippen molar-refractivity contribution in [2.75, 3.05) is 0 Å². The topological polar surface area (TPSA) is 109 Å². The largest absolute Gasteiger partial charge is 0.332 e. The zero-order valence-electron chi connectivity index (χ0n) is 11.9. The lowest BCUT2D eigenvalue weighted by atomic mass is 9.77. The molecule has 0 unspecified atom stereocenters. The fourth-order valence-electron chi connectivity index (χ4n) is 2.44. The molecule has 0 aliphatic heterocycles. The van der Waals surface area contributed by atoms with Gasteiger partial charge in [-0.2, -0.15) is 4.98 Å². The van der Waals surface area contributed by atoms with Crippen LogP contribution in [0.2, 0.25) is 0 Å². The highest BCUT2D eigenvalue weighted by Gasteiger charge is 2.39. The molecule has 1 aliphatic carbocycles. The Morgan fingerprint density at radius 1 is 1.32 bits per heavy atom. The van der Waals surface area contributed by atoms with E-state index >= 15 is 0 Å². The molecule has 0 spiro atoms. The van der Waals surface area contributed by atoms with Gasteiger partial charge in [0.25, 0.3) is 5.89 Å². The minimum atomic E-state index is -0.439. The normalized spacial score (nSPS) is 16.4. The van der Waals surface area contributed by atoms with Gasteiger partial charge in [0.2, 0.25) is 0 Å².